The predicted molar refractivity (Wildman–Crippen MR) is 76.7 cm³/mol. The fraction of sp³-hybridized carbons (Fsp3) is 0.917. The van der Waals surface area contributed by atoms with E-state index in [2.05, 4.69) is 30.9 Å². The highest BCUT2D eigenvalue weighted by Gasteiger charge is 2.27. The molecule has 92 valence electrons. The van der Waals surface area contributed by atoms with Crippen molar-refractivity contribution >= 4 is 28.7 Å². The van der Waals surface area contributed by atoms with Gasteiger partial charge in [-0.3, -0.25) is 4.99 Å². The second-order valence-electron chi connectivity index (χ2n) is 4.61. The average molecular weight is 258 g/mol. The molecule has 1 aliphatic heterocycles. The Labute approximate surface area is 107 Å². The van der Waals surface area contributed by atoms with Crippen molar-refractivity contribution in [1.82, 2.24) is 5.32 Å². The zero-order valence-corrected chi connectivity index (χ0v) is 11.9. The second-order valence-corrected chi connectivity index (χ2v) is 7.21. The molecule has 0 amide bonds. The molecule has 1 heterocycles. The maximum Gasteiger partial charge on any atom is 0.157 e. The Kier molecular flexibility index (Phi) is 4.89. The maximum atomic E-state index is 4.93. The standard InChI is InChI=1S/C12H22N2S2/c1-3-15-11-6-4-5-10(11)14-12-13-9(2)7-8-16-12/h9-11H,3-8H2,1-2H3,(H,13,14). The number of aliphatic imine (C=N–C) groups is 1. The average Bonchev–Trinajstić information content (AvgIpc) is 2.66. The van der Waals surface area contributed by atoms with Gasteiger partial charge in [-0.1, -0.05) is 25.1 Å². The maximum absolute atomic E-state index is 4.93. The van der Waals surface area contributed by atoms with Crippen molar-refractivity contribution < 1.29 is 0 Å². The minimum Gasteiger partial charge on any atom is -0.362 e. The van der Waals surface area contributed by atoms with Crippen molar-refractivity contribution in [2.75, 3.05) is 11.5 Å². The van der Waals surface area contributed by atoms with Crippen LogP contribution in [-0.2, 0) is 0 Å². The van der Waals surface area contributed by atoms with Gasteiger partial charge in [0, 0.05) is 17.0 Å². The minimum atomic E-state index is 0.574. The number of nitrogens with zero attached hydrogens (tertiary/aromatic N) is 1. The molecule has 2 aliphatic rings. The van der Waals surface area contributed by atoms with Crippen molar-refractivity contribution in [3.63, 3.8) is 0 Å². The van der Waals surface area contributed by atoms with Crippen LogP contribution in [0.15, 0.2) is 4.99 Å². The van der Waals surface area contributed by atoms with Crippen LogP contribution in [-0.4, -0.2) is 34.0 Å². The molecule has 0 radical (unpaired) electrons. The summed E-state index contributed by atoms with van der Waals surface area (Å²) in [5.41, 5.74) is 0. The van der Waals surface area contributed by atoms with Gasteiger partial charge in [0.1, 0.15) is 0 Å². The summed E-state index contributed by atoms with van der Waals surface area (Å²) < 4.78 is 0. The van der Waals surface area contributed by atoms with Gasteiger partial charge in [-0.2, -0.15) is 11.8 Å². The van der Waals surface area contributed by atoms with Gasteiger partial charge in [0.15, 0.2) is 5.17 Å². The van der Waals surface area contributed by atoms with Crippen LogP contribution in [0.5, 0.6) is 0 Å². The van der Waals surface area contributed by atoms with E-state index >= 15 is 0 Å². The molecule has 1 saturated heterocycles. The van der Waals surface area contributed by atoms with E-state index in [9.17, 15) is 0 Å². The lowest BCUT2D eigenvalue weighted by atomic mass is 10.2. The molecule has 0 aromatic heterocycles. The number of hydrogen-bond acceptors (Lipinski definition) is 3. The largest absolute Gasteiger partial charge is 0.362 e. The number of thioether (sulfide) groups is 2. The topological polar surface area (TPSA) is 24.4 Å². The number of amidine groups is 1. The van der Waals surface area contributed by atoms with Gasteiger partial charge in [-0.05, 0) is 31.9 Å². The summed E-state index contributed by atoms with van der Waals surface area (Å²) in [5.74, 6) is 2.45. The molecule has 2 fully saturated rings. The third-order valence-corrected chi connectivity index (χ3v) is 5.49. The van der Waals surface area contributed by atoms with Gasteiger partial charge >= 0.3 is 0 Å². The smallest absolute Gasteiger partial charge is 0.157 e. The molecule has 16 heavy (non-hydrogen) atoms. The van der Waals surface area contributed by atoms with E-state index < -0.39 is 0 Å². The second kappa shape index (κ2) is 6.20. The van der Waals surface area contributed by atoms with Crippen LogP contribution in [0.3, 0.4) is 0 Å². The lowest BCUT2D eigenvalue weighted by molar-refractivity contribution is 0.633. The molecule has 0 aromatic rings. The van der Waals surface area contributed by atoms with Crippen molar-refractivity contribution in [1.29, 1.82) is 0 Å². The van der Waals surface area contributed by atoms with Crippen molar-refractivity contribution in [2.24, 2.45) is 4.99 Å². The first kappa shape index (κ1) is 12.6. The summed E-state index contributed by atoms with van der Waals surface area (Å²) in [7, 11) is 0. The predicted octanol–water partition coefficient (Wildman–Crippen LogP) is 3.13. The third-order valence-electron chi connectivity index (χ3n) is 3.24. The molecular weight excluding hydrogens is 236 g/mol. The summed E-state index contributed by atoms with van der Waals surface area (Å²) in [6.07, 6.45) is 5.28. The van der Waals surface area contributed by atoms with Gasteiger partial charge in [-0.15, -0.1) is 0 Å². The molecule has 2 rings (SSSR count). The van der Waals surface area contributed by atoms with Crippen LogP contribution in [0, 0.1) is 0 Å². The van der Waals surface area contributed by atoms with Crippen molar-refractivity contribution in [3.05, 3.63) is 0 Å². The minimum absolute atomic E-state index is 0.574. The highest BCUT2D eigenvalue weighted by atomic mass is 32.2. The molecule has 3 atom stereocenters. The SMILES string of the molecule is CCSC1CCCC1N=C1NC(C)CCS1. The van der Waals surface area contributed by atoms with Crippen LogP contribution in [0.2, 0.25) is 0 Å². The van der Waals surface area contributed by atoms with Gasteiger partial charge in [0.05, 0.1) is 6.04 Å². The highest BCUT2D eigenvalue weighted by molar-refractivity contribution is 8.13. The Morgan fingerprint density at radius 1 is 1.44 bits per heavy atom. The van der Waals surface area contributed by atoms with Crippen molar-refractivity contribution in [3.8, 4) is 0 Å². The van der Waals surface area contributed by atoms with Crippen LogP contribution < -0.4 is 5.32 Å². The molecule has 0 aromatic carbocycles. The van der Waals surface area contributed by atoms with E-state index in [0.717, 1.165) is 5.25 Å². The van der Waals surface area contributed by atoms with E-state index in [1.165, 1.54) is 42.4 Å². The fourth-order valence-electron chi connectivity index (χ4n) is 2.34. The Hall–Kier alpha value is 0.170. The first-order valence-electron chi connectivity index (χ1n) is 6.38. The lowest BCUT2D eigenvalue weighted by Crippen LogP contribution is -2.36. The van der Waals surface area contributed by atoms with E-state index in [-0.39, 0.29) is 0 Å². The Morgan fingerprint density at radius 3 is 3.06 bits per heavy atom. The summed E-state index contributed by atoms with van der Waals surface area (Å²) in [6.45, 7) is 4.50. The van der Waals surface area contributed by atoms with Gasteiger partial charge in [0.2, 0.25) is 0 Å². The molecule has 1 saturated carbocycles. The molecule has 0 bridgehead atoms. The molecule has 1 aliphatic carbocycles. The quantitative estimate of drug-likeness (QED) is 0.841. The summed E-state index contributed by atoms with van der Waals surface area (Å²) in [4.78, 5) is 4.93. The summed E-state index contributed by atoms with van der Waals surface area (Å²) in [6, 6.07) is 1.18. The zero-order chi connectivity index (χ0) is 11.4. The number of rotatable bonds is 3. The Morgan fingerprint density at radius 2 is 2.31 bits per heavy atom. The first-order valence-corrected chi connectivity index (χ1v) is 8.41. The highest BCUT2D eigenvalue weighted by Crippen LogP contribution is 2.32. The molecular formula is C12H22N2S2. The molecule has 1 N–H and O–H groups in total. The van der Waals surface area contributed by atoms with Gasteiger partial charge in [0.25, 0.3) is 0 Å². The molecule has 2 nitrogen and oxygen atoms in total. The normalized spacial score (nSPS) is 37.6. The van der Waals surface area contributed by atoms with Crippen LogP contribution in [0.4, 0.5) is 0 Å². The van der Waals surface area contributed by atoms with E-state index in [1.54, 1.807) is 0 Å². The van der Waals surface area contributed by atoms with Crippen LogP contribution in [0.1, 0.15) is 39.5 Å². The fourth-order valence-corrected chi connectivity index (χ4v) is 4.68. The van der Waals surface area contributed by atoms with E-state index in [1.807, 2.05) is 11.8 Å². The van der Waals surface area contributed by atoms with E-state index in [4.69, 9.17) is 4.99 Å². The van der Waals surface area contributed by atoms with Crippen molar-refractivity contribution in [2.45, 2.75) is 56.9 Å². The molecule has 4 heteroatoms. The monoisotopic (exact) mass is 258 g/mol. The van der Waals surface area contributed by atoms with Gasteiger partial charge in [-0.25, -0.2) is 0 Å². The Bertz CT molecular complexity index is 255. The molecule has 3 unspecified atom stereocenters. The summed E-state index contributed by atoms with van der Waals surface area (Å²) >= 11 is 4.00. The number of nitrogens with one attached hydrogen (secondary N) is 1. The summed E-state index contributed by atoms with van der Waals surface area (Å²) in [5, 5.41) is 5.49. The van der Waals surface area contributed by atoms with Crippen LogP contribution in [0.25, 0.3) is 0 Å². The Balaban J connectivity index is 1.93. The first-order chi connectivity index (χ1) is 7.79. The van der Waals surface area contributed by atoms with E-state index in [0.29, 0.717) is 12.1 Å². The molecule has 0 spiro atoms. The third kappa shape index (κ3) is 3.33. The lowest BCUT2D eigenvalue weighted by Gasteiger charge is -2.24. The van der Waals surface area contributed by atoms with Crippen LogP contribution >= 0.6 is 23.5 Å². The zero-order valence-electron chi connectivity index (χ0n) is 10.2. The number of hydrogen-bond donors (Lipinski definition) is 1. The van der Waals surface area contributed by atoms with Gasteiger partial charge < -0.3 is 5.32 Å².